The minimum absolute atomic E-state index is 0.0741. The van der Waals surface area contributed by atoms with Crippen molar-refractivity contribution in [3.63, 3.8) is 0 Å². The summed E-state index contributed by atoms with van der Waals surface area (Å²) in [6, 6.07) is 0. The first-order valence-electron chi connectivity index (χ1n) is 8.74. The molecule has 3 rings (SSSR count). The molecule has 9 heteroatoms. The van der Waals surface area contributed by atoms with E-state index in [2.05, 4.69) is 22.0 Å². The Balaban J connectivity index is 1.80. The highest BCUT2D eigenvalue weighted by Crippen LogP contribution is 2.27. The molecular formula is C17H22F3N5O. The fourth-order valence-corrected chi connectivity index (χ4v) is 3.50. The number of hydrogen-bond acceptors (Lipinski definition) is 4. The number of nitrogens with zero attached hydrogens (tertiary/aromatic N) is 5. The molecule has 0 bridgehead atoms. The van der Waals surface area contributed by atoms with Gasteiger partial charge in [0, 0.05) is 30.9 Å². The van der Waals surface area contributed by atoms with Gasteiger partial charge in [-0.25, -0.2) is 9.50 Å². The van der Waals surface area contributed by atoms with Gasteiger partial charge in [0.1, 0.15) is 0 Å². The van der Waals surface area contributed by atoms with E-state index in [1.54, 1.807) is 13.8 Å². The first kappa shape index (κ1) is 18.6. The summed E-state index contributed by atoms with van der Waals surface area (Å²) in [6.45, 7) is 7.08. The number of fused-ring (bicyclic) bond motifs is 1. The second kappa shape index (κ2) is 6.85. The van der Waals surface area contributed by atoms with Crippen molar-refractivity contribution in [2.24, 2.45) is 5.92 Å². The standard InChI is InChI=1S/C17H22F3N5O/c1-10-5-4-8-24(9-10)14(26)7-6-13-11(2)21-16-22-15(17(18,19)20)23-25(16)12(13)3/h10H,4-9H2,1-3H3/t10-/m0/s1. The molecule has 1 aliphatic heterocycles. The van der Waals surface area contributed by atoms with Crippen LogP contribution in [0, 0.1) is 19.8 Å². The molecule has 1 aliphatic rings. The zero-order chi connectivity index (χ0) is 19.1. The monoisotopic (exact) mass is 369 g/mol. The molecule has 6 nitrogen and oxygen atoms in total. The lowest BCUT2D eigenvalue weighted by molar-refractivity contribution is -0.144. The number of rotatable bonds is 3. The van der Waals surface area contributed by atoms with Crippen LogP contribution in [0.4, 0.5) is 13.2 Å². The van der Waals surface area contributed by atoms with Gasteiger partial charge in [0.05, 0.1) is 0 Å². The topological polar surface area (TPSA) is 63.4 Å². The van der Waals surface area contributed by atoms with E-state index in [9.17, 15) is 18.0 Å². The van der Waals surface area contributed by atoms with E-state index in [-0.39, 0.29) is 11.7 Å². The number of aromatic nitrogens is 4. The zero-order valence-corrected chi connectivity index (χ0v) is 15.1. The lowest BCUT2D eigenvalue weighted by Crippen LogP contribution is -2.39. The molecule has 26 heavy (non-hydrogen) atoms. The molecule has 0 saturated carbocycles. The lowest BCUT2D eigenvalue weighted by Gasteiger charge is -2.31. The highest BCUT2D eigenvalue weighted by molar-refractivity contribution is 5.76. The van der Waals surface area contributed by atoms with Crippen molar-refractivity contribution in [1.29, 1.82) is 0 Å². The molecule has 0 radical (unpaired) electrons. The van der Waals surface area contributed by atoms with Crippen LogP contribution in [0.25, 0.3) is 5.78 Å². The number of carbonyl (C=O) groups is 1. The number of hydrogen-bond donors (Lipinski definition) is 0. The summed E-state index contributed by atoms with van der Waals surface area (Å²) in [5.74, 6) is -0.703. The Morgan fingerprint density at radius 3 is 2.65 bits per heavy atom. The molecule has 0 aromatic carbocycles. The maximum absolute atomic E-state index is 12.8. The number of likely N-dealkylation sites (tertiary alicyclic amines) is 1. The Bertz CT molecular complexity index is 830. The van der Waals surface area contributed by atoms with Gasteiger partial charge in [-0.15, -0.1) is 5.10 Å². The SMILES string of the molecule is Cc1nc2nc(C(F)(F)F)nn2c(C)c1CCC(=O)N1CCC[C@H](C)C1. The number of carbonyl (C=O) groups excluding carboxylic acids is 1. The van der Waals surface area contributed by atoms with Gasteiger partial charge in [-0.3, -0.25) is 4.79 Å². The number of piperidine rings is 1. The average Bonchev–Trinajstić information content (AvgIpc) is 2.99. The van der Waals surface area contributed by atoms with E-state index < -0.39 is 12.0 Å². The van der Waals surface area contributed by atoms with Crippen LogP contribution in [0.1, 0.15) is 49.0 Å². The van der Waals surface area contributed by atoms with Crippen molar-refractivity contribution in [3.05, 3.63) is 22.8 Å². The van der Waals surface area contributed by atoms with Crippen LogP contribution in [0.5, 0.6) is 0 Å². The lowest BCUT2D eigenvalue weighted by atomic mass is 9.99. The third-order valence-electron chi connectivity index (χ3n) is 4.90. The fraction of sp³-hybridized carbons (Fsp3) is 0.647. The molecule has 0 aliphatic carbocycles. The average molecular weight is 369 g/mol. The summed E-state index contributed by atoms with van der Waals surface area (Å²) in [4.78, 5) is 21.9. The van der Waals surface area contributed by atoms with Crippen molar-refractivity contribution in [3.8, 4) is 0 Å². The number of alkyl halides is 3. The maximum Gasteiger partial charge on any atom is 0.453 e. The van der Waals surface area contributed by atoms with Crippen LogP contribution >= 0.6 is 0 Å². The molecular weight excluding hydrogens is 347 g/mol. The molecule has 3 heterocycles. The van der Waals surface area contributed by atoms with E-state index in [0.717, 1.165) is 36.0 Å². The number of amides is 1. The van der Waals surface area contributed by atoms with Gasteiger partial charge in [-0.2, -0.15) is 18.2 Å². The highest BCUT2D eigenvalue weighted by Gasteiger charge is 2.37. The first-order chi connectivity index (χ1) is 12.2. The smallest absolute Gasteiger partial charge is 0.342 e. The summed E-state index contributed by atoms with van der Waals surface area (Å²) in [6.07, 6.45) is -1.74. The summed E-state index contributed by atoms with van der Waals surface area (Å²) >= 11 is 0. The summed E-state index contributed by atoms with van der Waals surface area (Å²) in [5.41, 5.74) is 1.86. The van der Waals surface area contributed by atoms with Crippen LogP contribution < -0.4 is 0 Å². The molecule has 1 amide bonds. The summed E-state index contributed by atoms with van der Waals surface area (Å²) < 4.78 is 39.6. The molecule has 2 aromatic heterocycles. The third kappa shape index (κ3) is 3.66. The maximum atomic E-state index is 12.8. The molecule has 1 saturated heterocycles. The Morgan fingerprint density at radius 2 is 2.00 bits per heavy atom. The second-order valence-corrected chi connectivity index (χ2v) is 6.99. The molecule has 1 atom stereocenters. The van der Waals surface area contributed by atoms with Gasteiger partial charge < -0.3 is 4.90 Å². The Kier molecular flexibility index (Phi) is 4.90. The van der Waals surface area contributed by atoms with Gasteiger partial charge in [0.2, 0.25) is 5.91 Å². The van der Waals surface area contributed by atoms with Crippen molar-refractivity contribution in [2.75, 3.05) is 13.1 Å². The minimum atomic E-state index is -4.62. The van der Waals surface area contributed by atoms with Gasteiger partial charge >= 0.3 is 6.18 Å². The van der Waals surface area contributed by atoms with Crippen LogP contribution in [-0.2, 0) is 17.4 Å². The van der Waals surface area contributed by atoms with E-state index in [0.29, 0.717) is 30.1 Å². The van der Waals surface area contributed by atoms with E-state index in [1.807, 2.05) is 4.90 Å². The number of aryl methyl sites for hydroxylation is 2. The van der Waals surface area contributed by atoms with Crippen LogP contribution in [0.2, 0.25) is 0 Å². The second-order valence-electron chi connectivity index (χ2n) is 6.99. The van der Waals surface area contributed by atoms with Crippen molar-refractivity contribution in [1.82, 2.24) is 24.5 Å². The van der Waals surface area contributed by atoms with Crippen molar-refractivity contribution >= 4 is 11.7 Å². The van der Waals surface area contributed by atoms with Crippen LogP contribution in [0.15, 0.2) is 0 Å². The van der Waals surface area contributed by atoms with Gasteiger partial charge in [0.25, 0.3) is 11.6 Å². The third-order valence-corrected chi connectivity index (χ3v) is 4.90. The van der Waals surface area contributed by atoms with Crippen molar-refractivity contribution < 1.29 is 18.0 Å². The van der Waals surface area contributed by atoms with E-state index >= 15 is 0 Å². The zero-order valence-electron chi connectivity index (χ0n) is 15.1. The highest BCUT2D eigenvalue weighted by atomic mass is 19.4. The summed E-state index contributed by atoms with van der Waals surface area (Å²) in [7, 11) is 0. The van der Waals surface area contributed by atoms with Crippen LogP contribution in [0.3, 0.4) is 0 Å². The number of halogens is 3. The van der Waals surface area contributed by atoms with Gasteiger partial charge in [-0.1, -0.05) is 6.92 Å². The normalized spacial score (nSPS) is 18.5. The molecule has 0 spiro atoms. The quantitative estimate of drug-likeness (QED) is 0.835. The van der Waals surface area contributed by atoms with Gasteiger partial charge in [-0.05, 0) is 44.6 Å². The molecule has 2 aromatic rings. The minimum Gasteiger partial charge on any atom is -0.342 e. The molecule has 0 unspecified atom stereocenters. The van der Waals surface area contributed by atoms with Crippen molar-refractivity contribution in [2.45, 2.75) is 52.6 Å². The van der Waals surface area contributed by atoms with E-state index in [4.69, 9.17) is 0 Å². The largest absolute Gasteiger partial charge is 0.453 e. The predicted molar refractivity (Wildman–Crippen MR) is 88.6 cm³/mol. The predicted octanol–water partition coefficient (Wildman–Crippen LogP) is 2.95. The van der Waals surface area contributed by atoms with E-state index in [1.165, 1.54) is 0 Å². The molecule has 142 valence electrons. The Labute approximate surface area is 149 Å². The fourth-order valence-electron chi connectivity index (χ4n) is 3.50. The van der Waals surface area contributed by atoms with Crippen LogP contribution in [-0.4, -0.2) is 43.5 Å². The van der Waals surface area contributed by atoms with Gasteiger partial charge in [0.15, 0.2) is 0 Å². The first-order valence-corrected chi connectivity index (χ1v) is 8.74. The Hall–Kier alpha value is -2.19. The molecule has 1 fully saturated rings. The Morgan fingerprint density at radius 1 is 1.27 bits per heavy atom. The summed E-state index contributed by atoms with van der Waals surface area (Å²) in [5, 5.41) is 3.53. The molecule has 0 N–H and O–H groups in total.